The predicted octanol–water partition coefficient (Wildman–Crippen LogP) is 1.04. The molecule has 2 N–H and O–H groups in total. The minimum atomic E-state index is 0.696. The van der Waals surface area contributed by atoms with Crippen LogP contribution < -0.4 is 10.7 Å². The molecule has 0 spiro atoms. The number of hydrogen-bond acceptors (Lipinski definition) is 2. The van der Waals surface area contributed by atoms with Crippen LogP contribution in [0.3, 0.4) is 0 Å². The molecule has 0 bridgehead atoms. The minimum Gasteiger partial charge on any atom is -0.358 e. The maximum Gasteiger partial charge on any atom is 0.181 e. The zero-order valence-corrected chi connectivity index (χ0v) is 8.70. The van der Waals surface area contributed by atoms with Crippen molar-refractivity contribution in [3.05, 3.63) is 12.7 Å². The molecule has 0 aromatic heterocycles. The molecule has 1 rings (SSSR count). The van der Waals surface area contributed by atoms with Crippen LogP contribution in [0.5, 0.6) is 0 Å². The van der Waals surface area contributed by atoms with E-state index in [1.165, 1.54) is 19.3 Å². The van der Waals surface area contributed by atoms with Gasteiger partial charge in [-0.05, 0) is 25.1 Å². The average Bonchev–Trinajstić information content (AvgIpc) is 2.16. The van der Waals surface area contributed by atoms with Crippen molar-refractivity contribution in [1.82, 2.24) is 15.8 Å². The van der Waals surface area contributed by atoms with Gasteiger partial charge in [-0.25, -0.2) is 5.01 Å². The summed E-state index contributed by atoms with van der Waals surface area (Å²) >= 11 is 5.09. The van der Waals surface area contributed by atoms with Crippen molar-refractivity contribution in [3.63, 3.8) is 0 Å². The molecule has 0 saturated carbocycles. The molecule has 0 radical (unpaired) electrons. The largest absolute Gasteiger partial charge is 0.358 e. The summed E-state index contributed by atoms with van der Waals surface area (Å²) in [5.74, 6) is 0. The molecular formula is C9H17N3S. The molecular weight excluding hydrogens is 182 g/mol. The Hall–Kier alpha value is -0.610. The number of hydrazine groups is 1. The van der Waals surface area contributed by atoms with Gasteiger partial charge in [0.15, 0.2) is 5.11 Å². The normalized spacial score (nSPS) is 17.8. The third-order valence-corrected chi connectivity index (χ3v) is 2.26. The van der Waals surface area contributed by atoms with Crippen LogP contribution in [-0.4, -0.2) is 29.8 Å². The molecule has 1 fully saturated rings. The van der Waals surface area contributed by atoms with E-state index in [2.05, 4.69) is 22.3 Å². The van der Waals surface area contributed by atoms with Crippen LogP contribution in [0.2, 0.25) is 0 Å². The first-order chi connectivity index (χ1) is 6.33. The summed E-state index contributed by atoms with van der Waals surface area (Å²) in [6.07, 6.45) is 5.66. The second kappa shape index (κ2) is 5.94. The standard InChI is InChI=1S/C9H17N3S/c1-2-6-10-9(13)11-12-7-4-3-5-8-12/h2H,1,3-8H2,(H2,10,11,13). The van der Waals surface area contributed by atoms with Gasteiger partial charge in [0.2, 0.25) is 0 Å². The molecule has 13 heavy (non-hydrogen) atoms. The lowest BCUT2D eigenvalue weighted by Crippen LogP contribution is -2.49. The summed E-state index contributed by atoms with van der Waals surface area (Å²) in [6.45, 7) is 6.52. The van der Waals surface area contributed by atoms with Gasteiger partial charge in [0, 0.05) is 19.6 Å². The van der Waals surface area contributed by atoms with Crippen molar-refractivity contribution in [3.8, 4) is 0 Å². The van der Waals surface area contributed by atoms with Crippen molar-refractivity contribution < 1.29 is 0 Å². The Morgan fingerprint density at radius 3 is 2.69 bits per heavy atom. The van der Waals surface area contributed by atoms with Gasteiger partial charge in [-0.2, -0.15) is 0 Å². The monoisotopic (exact) mass is 199 g/mol. The van der Waals surface area contributed by atoms with Crippen molar-refractivity contribution in [2.45, 2.75) is 19.3 Å². The van der Waals surface area contributed by atoms with E-state index >= 15 is 0 Å². The Bertz CT molecular complexity index is 176. The van der Waals surface area contributed by atoms with Crippen LogP contribution in [0.1, 0.15) is 19.3 Å². The van der Waals surface area contributed by atoms with Gasteiger partial charge in [0.1, 0.15) is 0 Å². The molecule has 0 amide bonds. The van der Waals surface area contributed by atoms with Crippen LogP contribution in [0.25, 0.3) is 0 Å². The molecule has 0 aromatic carbocycles. The number of nitrogens with zero attached hydrogens (tertiary/aromatic N) is 1. The number of thiocarbonyl (C=S) groups is 1. The smallest absolute Gasteiger partial charge is 0.181 e. The van der Waals surface area contributed by atoms with Crippen molar-refractivity contribution in [2.75, 3.05) is 19.6 Å². The highest BCUT2D eigenvalue weighted by Gasteiger charge is 2.09. The molecule has 0 aromatic rings. The van der Waals surface area contributed by atoms with Gasteiger partial charge in [-0.3, -0.25) is 5.43 Å². The molecule has 1 aliphatic rings. The van der Waals surface area contributed by atoms with E-state index in [4.69, 9.17) is 12.2 Å². The van der Waals surface area contributed by atoms with Crippen LogP contribution in [0, 0.1) is 0 Å². The van der Waals surface area contributed by atoms with Gasteiger partial charge in [-0.15, -0.1) is 6.58 Å². The van der Waals surface area contributed by atoms with Crippen LogP contribution in [0.15, 0.2) is 12.7 Å². The highest BCUT2D eigenvalue weighted by molar-refractivity contribution is 7.80. The molecule has 0 unspecified atom stereocenters. The number of piperidine rings is 1. The molecule has 0 atom stereocenters. The Morgan fingerprint density at radius 1 is 1.38 bits per heavy atom. The number of nitrogens with one attached hydrogen (secondary N) is 2. The lowest BCUT2D eigenvalue weighted by Gasteiger charge is -2.27. The zero-order valence-electron chi connectivity index (χ0n) is 7.88. The van der Waals surface area contributed by atoms with Crippen LogP contribution >= 0.6 is 12.2 Å². The van der Waals surface area contributed by atoms with E-state index < -0.39 is 0 Å². The molecule has 4 heteroatoms. The summed E-state index contributed by atoms with van der Waals surface area (Å²) in [7, 11) is 0. The fraction of sp³-hybridized carbons (Fsp3) is 0.667. The van der Waals surface area contributed by atoms with Gasteiger partial charge in [0.25, 0.3) is 0 Å². The molecule has 0 aliphatic carbocycles. The predicted molar refractivity (Wildman–Crippen MR) is 59.4 cm³/mol. The first-order valence-electron chi connectivity index (χ1n) is 4.73. The van der Waals surface area contributed by atoms with Gasteiger partial charge in [-0.1, -0.05) is 12.5 Å². The van der Waals surface area contributed by atoms with E-state index in [-0.39, 0.29) is 0 Å². The highest BCUT2D eigenvalue weighted by atomic mass is 32.1. The fourth-order valence-electron chi connectivity index (χ4n) is 1.35. The van der Waals surface area contributed by atoms with E-state index in [0.717, 1.165) is 19.6 Å². The third-order valence-electron chi connectivity index (χ3n) is 2.02. The molecule has 1 heterocycles. The van der Waals surface area contributed by atoms with Crippen molar-refractivity contribution >= 4 is 17.3 Å². The Morgan fingerprint density at radius 2 is 2.08 bits per heavy atom. The van der Waals surface area contributed by atoms with E-state index in [0.29, 0.717) is 5.11 Å². The van der Waals surface area contributed by atoms with Crippen LogP contribution in [0.4, 0.5) is 0 Å². The molecule has 1 aliphatic heterocycles. The molecule has 74 valence electrons. The second-order valence-electron chi connectivity index (χ2n) is 3.16. The van der Waals surface area contributed by atoms with Gasteiger partial charge >= 0.3 is 0 Å². The average molecular weight is 199 g/mol. The Kier molecular flexibility index (Phi) is 4.78. The van der Waals surface area contributed by atoms with E-state index in [9.17, 15) is 0 Å². The highest BCUT2D eigenvalue weighted by Crippen LogP contribution is 2.05. The van der Waals surface area contributed by atoms with E-state index in [1.54, 1.807) is 6.08 Å². The Balaban J connectivity index is 2.14. The quantitative estimate of drug-likeness (QED) is 0.524. The van der Waals surface area contributed by atoms with E-state index in [1.807, 2.05) is 0 Å². The lowest BCUT2D eigenvalue weighted by molar-refractivity contribution is 0.194. The summed E-state index contributed by atoms with van der Waals surface area (Å²) < 4.78 is 0. The van der Waals surface area contributed by atoms with Crippen molar-refractivity contribution in [1.29, 1.82) is 0 Å². The summed E-state index contributed by atoms with van der Waals surface area (Å²) in [5, 5.41) is 5.90. The fourth-order valence-corrected chi connectivity index (χ4v) is 1.57. The van der Waals surface area contributed by atoms with Gasteiger partial charge < -0.3 is 5.32 Å². The minimum absolute atomic E-state index is 0.696. The maximum absolute atomic E-state index is 5.09. The topological polar surface area (TPSA) is 27.3 Å². The lowest BCUT2D eigenvalue weighted by atomic mass is 10.2. The Labute approximate surface area is 85.2 Å². The second-order valence-corrected chi connectivity index (χ2v) is 3.57. The SMILES string of the molecule is C=CCNC(=S)NN1CCCCC1. The zero-order chi connectivity index (χ0) is 9.52. The first kappa shape index (κ1) is 10.5. The van der Waals surface area contributed by atoms with Crippen molar-refractivity contribution in [2.24, 2.45) is 0 Å². The molecule has 1 saturated heterocycles. The summed E-state index contributed by atoms with van der Waals surface area (Å²) in [5.41, 5.74) is 3.16. The summed E-state index contributed by atoms with van der Waals surface area (Å²) in [6, 6.07) is 0. The van der Waals surface area contributed by atoms with Crippen LogP contribution in [-0.2, 0) is 0 Å². The number of hydrogen-bond donors (Lipinski definition) is 2. The maximum atomic E-state index is 5.09. The third kappa shape index (κ3) is 4.24. The van der Waals surface area contributed by atoms with Gasteiger partial charge in [0.05, 0.1) is 0 Å². The summed E-state index contributed by atoms with van der Waals surface area (Å²) in [4.78, 5) is 0. The molecule has 3 nitrogen and oxygen atoms in total. The first-order valence-corrected chi connectivity index (χ1v) is 5.14. The number of rotatable bonds is 3.